The number of ketones is 1. The lowest BCUT2D eigenvalue weighted by atomic mass is 10.1. The zero-order valence-corrected chi connectivity index (χ0v) is 15.9. The fraction of sp³-hybridized carbons (Fsp3) is 0.286. The number of hydrogen-bond donors (Lipinski definition) is 0. The molecule has 0 saturated heterocycles. The van der Waals surface area contributed by atoms with Crippen LogP contribution >= 0.6 is 0 Å². The molecule has 0 amide bonds. The van der Waals surface area contributed by atoms with E-state index in [4.69, 9.17) is 23.7 Å². The van der Waals surface area contributed by atoms with Gasteiger partial charge in [-0.15, -0.1) is 0 Å². The number of hydrogen-bond acceptors (Lipinski definition) is 6. The molecule has 0 aromatic heterocycles. The first-order valence-corrected chi connectivity index (χ1v) is 8.47. The smallest absolute Gasteiger partial charge is 0.315 e. The van der Waals surface area contributed by atoms with Crippen molar-refractivity contribution in [1.82, 2.24) is 0 Å². The predicted octanol–water partition coefficient (Wildman–Crippen LogP) is 3.95. The maximum Gasteiger partial charge on any atom is 0.315 e. The highest BCUT2D eigenvalue weighted by Gasteiger charge is 2.18. The Morgan fingerprint density at radius 1 is 1.04 bits per heavy atom. The van der Waals surface area contributed by atoms with Crippen molar-refractivity contribution in [2.24, 2.45) is 0 Å². The number of carbonyl (C=O) groups is 1. The van der Waals surface area contributed by atoms with Gasteiger partial charge < -0.3 is 23.7 Å². The summed E-state index contributed by atoms with van der Waals surface area (Å²) in [6.07, 6.45) is 3.20. The van der Waals surface area contributed by atoms with Gasteiger partial charge in [0.25, 0.3) is 0 Å². The molecule has 0 N–H and O–H groups in total. The Kier molecular flexibility index (Phi) is 7.85. The van der Waals surface area contributed by atoms with E-state index in [1.54, 1.807) is 30.3 Å². The SMILES string of the molecule is CCOC(OC)Oc1c(OC)cc(C=CC(=O)c2ccccc2)cc1OC. The minimum atomic E-state index is -0.890. The van der Waals surface area contributed by atoms with Crippen molar-refractivity contribution in [2.45, 2.75) is 13.4 Å². The molecule has 0 radical (unpaired) electrons. The van der Waals surface area contributed by atoms with Crippen LogP contribution in [0.2, 0.25) is 0 Å². The lowest BCUT2D eigenvalue weighted by Gasteiger charge is -2.20. The second kappa shape index (κ2) is 10.4. The summed E-state index contributed by atoms with van der Waals surface area (Å²) in [4.78, 5) is 12.2. The third-order valence-corrected chi connectivity index (χ3v) is 3.68. The van der Waals surface area contributed by atoms with Gasteiger partial charge in [-0.05, 0) is 30.7 Å². The van der Waals surface area contributed by atoms with Gasteiger partial charge in [-0.1, -0.05) is 36.4 Å². The highest BCUT2D eigenvalue weighted by Crippen LogP contribution is 2.39. The molecule has 2 rings (SSSR count). The Morgan fingerprint density at radius 2 is 1.67 bits per heavy atom. The molecule has 0 aliphatic heterocycles. The lowest BCUT2D eigenvalue weighted by Crippen LogP contribution is -2.23. The van der Waals surface area contributed by atoms with Crippen LogP contribution < -0.4 is 14.2 Å². The lowest BCUT2D eigenvalue weighted by molar-refractivity contribution is -0.231. The topological polar surface area (TPSA) is 63.2 Å². The highest BCUT2D eigenvalue weighted by atomic mass is 16.8. The number of rotatable bonds is 10. The Balaban J connectivity index is 2.28. The largest absolute Gasteiger partial charge is 0.493 e. The average molecular weight is 372 g/mol. The number of allylic oxidation sites excluding steroid dienone is 1. The van der Waals surface area contributed by atoms with Crippen LogP contribution in [0.3, 0.4) is 0 Å². The number of ether oxygens (including phenoxy) is 5. The van der Waals surface area contributed by atoms with Crippen LogP contribution in [0.25, 0.3) is 6.08 Å². The van der Waals surface area contributed by atoms with Gasteiger partial charge in [-0.3, -0.25) is 4.79 Å². The molecule has 27 heavy (non-hydrogen) atoms. The van der Waals surface area contributed by atoms with E-state index in [0.717, 1.165) is 5.56 Å². The standard InChI is InChI=1S/C21H24O6/c1-5-26-21(25-4)27-20-18(23-2)13-15(14-19(20)24-3)11-12-17(22)16-9-7-6-8-10-16/h6-14,21H,5H2,1-4H3. The molecule has 0 spiro atoms. The number of benzene rings is 2. The molecular weight excluding hydrogens is 348 g/mol. The van der Waals surface area contributed by atoms with Gasteiger partial charge in [0, 0.05) is 12.7 Å². The maximum atomic E-state index is 12.2. The summed E-state index contributed by atoms with van der Waals surface area (Å²) in [5.74, 6) is 1.13. The summed E-state index contributed by atoms with van der Waals surface area (Å²) in [5, 5.41) is 0. The van der Waals surface area contributed by atoms with E-state index in [-0.39, 0.29) is 5.78 Å². The molecule has 0 fully saturated rings. The fourth-order valence-electron chi connectivity index (χ4n) is 2.37. The molecule has 0 saturated carbocycles. The van der Waals surface area contributed by atoms with E-state index >= 15 is 0 Å². The maximum absolute atomic E-state index is 12.2. The van der Waals surface area contributed by atoms with Crippen LogP contribution in [0.4, 0.5) is 0 Å². The van der Waals surface area contributed by atoms with E-state index in [9.17, 15) is 4.79 Å². The van der Waals surface area contributed by atoms with Gasteiger partial charge in [0.2, 0.25) is 5.75 Å². The zero-order chi connectivity index (χ0) is 19.6. The summed E-state index contributed by atoms with van der Waals surface area (Å²) in [7, 11) is 4.52. The van der Waals surface area contributed by atoms with E-state index in [2.05, 4.69) is 0 Å². The van der Waals surface area contributed by atoms with Crippen LogP contribution in [-0.2, 0) is 9.47 Å². The van der Waals surface area contributed by atoms with Crippen molar-refractivity contribution in [3.63, 3.8) is 0 Å². The van der Waals surface area contributed by atoms with E-state index < -0.39 is 6.48 Å². The molecule has 144 valence electrons. The molecule has 1 atom stereocenters. The van der Waals surface area contributed by atoms with Crippen molar-refractivity contribution in [3.05, 3.63) is 59.7 Å². The van der Waals surface area contributed by atoms with E-state index in [0.29, 0.717) is 29.4 Å². The Bertz CT molecular complexity index is 744. The van der Waals surface area contributed by atoms with Crippen LogP contribution in [0, 0.1) is 0 Å². The zero-order valence-electron chi connectivity index (χ0n) is 15.9. The first-order valence-electron chi connectivity index (χ1n) is 8.47. The third kappa shape index (κ3) is 5.57. The molecule has 0 bridgehead atoms. The highest BCUT2D eigenvalue weighted by molar-refractivity contribution is 6.06. The van der Waals surface area contributed by atoms with Crippen molar-refractivity contribution < 1.29 is 28.5 Å². The second-order valence-corrected chi connectivity index (χ2v) is 5.42. The van der Waals surface area contributed by atoms with Crippen LogP contribution in [-0.4, -0.2) is 40.2 Å². The first kappa shape index (κ1) is 20.5. The summed E-state index contributed by atoms with van der Waals surface area (Å²) >= 11 is 0. The Morgan fingerprint density at radius 3 is 2.19 bits per heavy atom. The van der Waals surface area contributed by atoms with Gasteiger partial charge in [-0.2, -0.15) is 0 Å². The minimum Gasteiger partial charge on any atom is -0.493 e. The molecular formula is C21H24O6. The quantitative estimate of drug-likeness (QED) is 0.358. The molecule has 2 aromatic carbocycles. The van der Waals surface area contributed by atoms with Crippen molar-refractivity contribution in [3.8, 4) is 17.2 Å². The van der Waals surface area contributed by atoms with Gasteiger partial charge in [-0.25, -0.2) is 0 Å². The van der Waals surface area contributed by atoms with Crippen molar-refractivity contribution in [2.75, 3.05) is 27.9 Å². The summed E-state index contributed by atoms with van der Waals surface area (Å²) in [6, 6.07) is 12.5. The molecule has 0 aliphatic carbocycles. The first-order chi connectivity index (χ1) is 13.1. The van der Waals surface area contributed by atoms with Crippen molar-refractivity contribution in [1.29, 1.82) is 0 Å². The predicted molar refractivity (Wildman–Crippen MR) is 102 cm³/mol. The van der Waals surface area contributed by atoms with Crippen LogP contribution in [0.15, 0.2) is 48.5 Å². The monoisotopic (exact) mass is 372 g/mol. The third-order valence-electron chi connectivity index (χ3n) is 3.68. The molecule has 0 aliphatic rings. The summed E-state index contributed by atoms with van der Waals surface area (Å²) in [6.45, 7) is 1.37. The van der Waals surface area contributed by atoms with Crippen LogP contribution in [0.5, 0.6) is 17.2 Å². The molecule has 2 aromatic rings. The molecule has 1 unspecified atom stereocenters. The summed E-state index contributed by atoms with van der Waals surface area (Å²) < 4.78 is 27.0. The number of carbonyl (C=O) groups excluding carboxylic acids is 1. The van der Waals surface area contributed by atoms with E-state index in [1.807, 2.05) is 25.1 Å². The molecule has 0 heterocycles. The second-order valence-electron chi connectivity index (χ2n) is 5.42. The molecule has 6 heteroatoms. The minimum absolute atomic E-state index is 0.0929. The summed E-state index contributed by atoms with van der Waals surface area (Å²) in [5.41, 5.74) is 1.35. The Hall–Kier alpha value is -2.83. The number of methoxy groups -OCH3 is 3. The van der Waals surface area contributed by atoms with Gasteiger partial charge >= 0.3 is 6.48 Å². The van der Waals surface area contributed by atoms with E-state index in [1.165, 1.54) is 27.4 Å². The van der Waals surface area contributed by atoms with Gasteiger partial charge in [0.1, 0.15) is 0 Å². The normalized spacial score (nSPS) is 12.0. The average Bonchev–Trinajstić information content (AvgIpc) is 2.72. The Labute approximate surface area is 159 Å². The fourth-order valence-corrected chi connectivity index (χ4v) is 2.37. The van der Waals surface area contributed by atoms with Crippen LogP contribution in [0.1, 0.15) is 22.8 Å². The van der Waals surface area contributed by atoms with Gasteiger partial charge in [0.05, 0.1) is 20.8 Å². The van der Waals surface area contributed by atoms with Gasteiger partial charge in [0.15, 0.2) is 17.3 Å². The molecule has 6 nitrogen and oxygen atoms in total. The van der Waals surface area contributed by atoms with Crippen molar-refractivity contribution >= 4 is 11.9 Å².